The SMILES string of the molecule is N#CC1CCCC1S(=O)(=O)c1ccc(F)cc1. The van der Waals surface area contributed by atoms with Gasteiger partial charge in [-0.15, -0.1) is 0 Å². The van der Waals surface area contributed by atoms with E-state index in [0.717, 1.165) is 18.6 Å². The number of sulfone groups is 1. The molecule has 3 nitrogen and oxygen atoms in total. The van der Waals surface area contributed by atoms with Crippen LogP contribution in [0.15, 0.2) is 29.2 Å². The Morgan fingerprint density at radius 2 is 1.88 bits per heavy atom. The first-order valence-corrected chi connectivity index (χ1v) is 6.99. The molecule has 2 rings (SSSR count). The van der Waals surface area contributed by atoms with Crippen molar-refractivity contribution in [2.45, 2.75) is 29.4 Å². The molecule has 0 radical (unpaired) electrons. The Kier molecular flexibility index (Phi) is 3.16. The molecule has 0 bridgehead atoms. The van der Waals surface area contributed by atoms with Crippen LogP contribution in [0.2, 0.25) is 0 Å². The molecule has 1 aromatic rings. The first-order chi connectivity index (χ1) is 8.05. The molecule has 0 spiro atoms. The van der Waals surface area contributed by atoms with Crippen molar-refractivity contribution in [3.05, 3.63) is 30.1 Å². The molecular weight excluding hydrogens is 241 g/mol. The number of hydrogen-bond donors (Lipinski definition) is 0. The monoisotopic (exact) mass is 253 g/mol. The lowest BCUT2D eigenvalue weighted by Crippen LogP contribution is -2.24. The maximum absolute atomic E-state index is 12.7. The maximum Gasteiger partial charge on any atom is 0.182 e. The zero-order valence-electron chi connectivity index (χ0n) is 9.14. The molecule has 0 aromatic heterocycles. The molecular formula is C12H12FNO2S. The Hall–Kier alpha value is -1.41. The third-order valence-electron chi connectivity index (χ3n) is 3.16. The second-order valence-electron chi connectivity index (χ2n) is 4.20. The fraction of sp³-hybridized carbons (Fsp3) is 0.417. The molecule has 0 aliphatic heterocycles. The van der Waals surface area contributed by atoms with Crippen LogP contribution in [0, 0.1) is 23.1 Å². The van der Waals surface area contributed by atoms with Crippen LogP contribution in [0.3, 0.4) is 0 Å². The minimum atomic E-state index is -3.51. The Morgan fingerprint density at radius 3 is 2.47 bits per heavy atom. The summed E-state index contributed by atoms with van der Waals surface area (Å²) >= 11 is 0. The van der Waals surface area contributed by atoms with Crippen molar-refractivity contribution >= 4 is 9.84 Å². The van der Waals surface area contributed by atoms with Crippen LogP contribution in [0.4, 0.5) is 4.39 Å². The molecule has 1 aromatic carbocycles. The van der Waals surface area contributed by atoms with Crippen molar-refractivity contribution in [2.24, 2.45) is 5.92 Å². The van der Waals surface area contributed by atoms with Gasteiger partial charge in [0.25, 0.3) is 0 Å². The quantitative estimate of drug-likeness (QED) is 0.760. The molecule has 2 atom stereocenters. The predicted molar refractivity (Wildman–Crippen MR) is 60.3 cm³/mol. The second-order valence-corrected chi connectivity index (χ2v) is 6.37. The summed E-state index contributed by atoms with van der Waals surface area (Å²) in [5.41, 5.74) is 0. The average Bonchev–Trinajstić information content (AvgIpc) is 2.78. The summed E-state index contributed by atoms with van der Waals surface area (Å²) in [6, 6.07) is 6.83. The van der Waals surface area contributed by atoms with Crippen LogP contribution in [-0.2, 0) is 9.84 Å². The number of rotatable bonds is 2. The van der Waals surface area contributed by atoms with Crippen molar-refractivity contribution in [1.82, 2.24) is 0 Å². The summed E-state index contributed by atoms with van der Waals surface area (Å²) in [7, 11) is -3.51. The molecule has 1 fully saturated rings. The lowest BCUT2D eigenvalue weighted by Gasteiger charge is -2.14. The molecule has 90 valence electrons. The Balaban J connectivity index is 2.37. The number of hydrogen-bond acceptors (Lipinski definition) is 3. The van der Waals surface area contributed by atoms with Gasteiger partial charge >= 0.3 is 0 Å². The van der Waals surface area contributed by atoms with Gasteiger partial charge in [-0.3, -0.25) is 0 Å². The number of halogens is 1. The van der Waals surface area contributed by atoms with Gasteiger partial charge in [-0.25, -0.2) is 12.8 Å². The van der Waals surface area contributed by atoms with Gasteiger partial charge in [0.2, 0.25) is 0 Å². The number of nitrogens with zero attached hydrogens (tertiary/aromatic N) is 1. The van der Waals surface area contributed by atoms with E-state index in [1.807, 2.05) is 6.07 Å². The first kappa shape index (κ1) is 12.1. The maximum atomic E-state index is 12.7. The number of benzene rings is 1. The fourth-order valence-electron chi connectivity index (χ4n) is 2.24. The minimum absolute atomic E-state index is 0.103. The molecule has 0 N–H and O–H groups in total. The van der Waals surface area contributed by atoms with E-state index in [1.165, 1.54) is 12.1 Å². The van der Waals surface area contributed by atoms with Gasteiger partial charge in [-0.2, -0.15) is 5.26 Å². The van der Waals surface area contributed by atoms with E-state index in [1.54, 1.807) is 0 Å². The van der Waals surface area contributed by atoms with Gasteiger partial charge < -0.3 is 0 Å². The standard InChI is InChI=1S/C12H12FNO2S/c13-10-4-6-11(7-5-10)17(15,16)12-3-1-2-9(12)8-14/h4-7,9,12H,1-3H2. The highest BCUT2D eigenvalue weighted by molar-refractivity contribution is 7.92. The van der Waals surface area contributed by atoms with E-state index in [0.29, 0.717) is 12.8 Å². The Labute approximate surface area is 99.8 Å². The zero-order chi connectivity index (χ0) is 12.5. The van der Waals surface area contributed by atoms with E-state index >= 15 is 0 Å². The van der Waals surface area contributed by atoms with Gasteiger partial charge in [-0.1, -0.05) is 6.42 Å². The molecule has 0 amide bonds. The lowest BCUT2D eigenvalue weighted by molar-refractivity contribution is 0.565. The zero-order valence-corrected chi connectivity index (χ0v) is 9.95. The summed E-state index contributed by atoms with van der Waals surface area (Å²) in [5.74, 6) is -0.905. The third kappa shape index (κ3) is 2.18. The summed E-state index contributed by atoms with van der Waals surface area (Å²) in [5, 5.41) is 8.28. The van der Waals surface area contributed by atoms with Gasteiger partial charge in [0.05, 0.1) is 22.1 Å². The van der Waals surface area contributed by atoms with Crippen LogP contribution >= 0.6 is 0 Å². The summed E-state index contributed by atoms with van der Waals surface area (Å²) in [6.07, 6.45) is 1.89. The topological polar surface area (TPSA) is 57.9 Å². The Morgan fingerprint density at radius 1 is 1.24 bits per heavy atom. The van der Waals surface area contributed by atoms with E-state index in [2.05, 4.69) is 0 Å². The molecule has 0 heterocycles. The Bertz CT molecular complexity index is 545. The smallest absolute Gasteiger partial charge is 0.182 e. The summed E-state index contributed by atoms with van der Waals surface area (Å²) in [4.78, 5) is 0.103. The molecule has 0 saturated heterocycles. The van der Waals surface area contributed by atoms with Crippen LogP contribution in [0.1, 0.15) is 19.3 Å². The molecule has 17 heavy (non-hydrogen) atoms. The van der Waals surface area contributed by atoms with E-state index in [-0.39, 0.29) is 4.90 Å². The molecule has 1 aliphatic rings. The van der Waals surface area contributed by atoms with Gasteiger partial charge in [0.1, 0.15) is 5.82 Å². The van der Waals surface area contributed by atoms with Gasteiger partial charge in [0, 0.05) is 0 Å². The predicted octanol–water partition coefficient (Wildman–Crippen LogP) is 2.29. The molecule has 5 heteroatoms. The van der Waals surface area contributed by atoms with Crippen molar-refractivity contribution in [1.29, 1.82) is 5.26 Å². The highest BCUT2D eigenvalue weighted by Gasteiger charge is 2.38. The van der Waals surface area contributed by atoms with Crippen LogP contribution in [-0.4, -0.2) is 13.7 Å². The van der Waals surface area contributed by atoms with Crippen LogP contribution < -0.4 is 0 Å². The highest BCUT2D eigenvalue weighted by Crippen LogP contribution is 2.34. The van der Waals surface area contributed by atoms with E-state index < -0.39 is 26.8 Å². The van der Waals surface area contributed by atoms with E-state index in [4.69, 9.17) is 5.26 Å². The van der Waals surface area contributed by atoms with Crippen molar-refractivity contribution in [3.8, 4) is 6.07 Å². The molecule has 1 aliphatic carbocycles. The molecule has 2 unspecified atom stereocenters. The van der Waals surface area contributed by atoms with Crippen molar-refractivity contribution in [3.63, 3.8) is 0 Å². The molecule has 1 saturated carbocycles. The van der Waals surface area contributed by atoms with Gasteiger partial charge in [0.15, 0.2) is 9.84 Å². The highest BCUT2D eigenvalue weighted by atomic mass is 32.2. The second kappa shape index (κ2) is 4.46. The normalized spacial score (nSPS) is 24.5. The van der Waals surface area contributed by atoms with Gasteiger partial charge in [-0.05, 0) is 37.1 Å². The van der Waals surface area contributed by atoms with Crippen molar-refractivity contribution in [2.75, 3.05) is 0 Å². The minimum Gasteiger partial charge on any atom is -0.223 e. The number of nitriles is 1. The van der Waals surface area contributed by atoms with E-state index in [9.17, 15) is 12.8 Å². The summed E-state index contributed by atoms with van der Waals surface area (Å²) in [6.45, 7) is 0. The van der Waals surface area contributed by atoms with Crippen molar-refractivity contribution < 1.29 is 12.8 Å². The first-order valence-electron chi connectivity index (χ1n) is 5.45. The van der Waals surface area contributed by atoms with Crippen LogP contribution in [0.5, 0.6) is 0 Å². The summed E-state index contributed by atoms with van der Waals surface area (Å²) < 4.78 is 37.2. The fourth-order valence-corrected chi connectivity index (χ4v) is 4.22. The largest absolute Gasteiger partial charge is 0.223 e. The van der Waals surface area contributed by atoms with Crippen LogP contribution in [0.25, 0.3) is 0 Å². The lowest BCUT2D eigenvalue weighted by atomic mass is 10.1. The average molecular weight is 253 g/mol. The third-order valence-corrected chi connectivity index (χ3v) is 5.45.